The first-order valence-corrected chi connectivity index (χ1v) is 7.28. The fraction of sp³-hybridized carbons (Fsp3) is 0.818. The van der Waals surface area contributed by atoms with Gasteiger partial charge in [0.2, 0.25) is 0 Å². The van der Waals surface area contributed by atoms with Crippen LogP contribution in [0.1, 0.15) is 20.8 Å². The van der Waals surface area contributed by atoms with Crippen LogP contribution in [0.3, 0.4) is 0 Å². The molecule has 0 aromatic carbocycles. The van der Waals surface area contributed by atoms with E-state index in [2.05, 4.69) is 5.32 Å². The zero-order valence-electron chi connectivity index (χ0n) is 10.9. The van der Waals surface area contributed by atoms with Gasteiger partial charge in [0.05, 0.1) is 23.5 Å². The summed E-state index contributed by atoms with van der Waals surface area (Å²) in [4.78, 5) is 14.0. The maximum atomic E-state index is 11.5. The van der Waals surface area contributed by atoms with E-state index in [1.807, 2.05) is 25.7 Å². The van der Waals surface area contributed by atoms with Crippen molar-refractivity contribution in [2.75, 3.05) is 25.4 Å². The van der Waals surface area contributed by atoms with E-state index in [0.717, 1.165) is 12.3 Å². The van der Waals surface area contributed by atoms with Crippen LogP contribution in [0.2, 0.25) is 0 Å². The SMILES string of the molecule is CC(C)(C)OC(=O)NCC(=S)N1CCSC1CO. The molecule has 0 aromatic rings. The highest BCUT2D eigenvalue weighted by molar-refractivity contribution is 8.00. The van der Waals surface area contributed by atoms with Gasteiger partial charge in [-0.2, -0.15) is 0 Å². The molecule has 0 radical (unpaired) electrons. The number of rotatable bonds is 3. The molecule has 0 aliphatic carbocycles. The van der Waals surface area contributed by atoms with Gasteiger partial charge in [-0.3, -0.25) is 0 Å². The third-order valence-electron chi connectivity index (χ3n) is 2.25. The van der Waals surface area contributed by atoms with Crippen molar-refractivity contribution >= 4 is 35.1 Å². The Labute approximate surface area is 117 Å². The minimum atomic E-state index is -0.511. The number of ether oxygens (including phenoxy) is 1. The molecule has 1 fully saturated rings. The van der Waals surface area contributed by atoms with E-state index in [1.165, 1.54) is 0 Å². The molecule has 7 heteroatoms. The van der Waals surface area contributed by atoms with Crippen LogP contribution < -0.4 is 5.32 Å². The lowest BCUT2D eigenvalue weighted by atomic mass is 10.2. The lowest BCUT2D eigenvalue weighted by Gasteiger charge is -2.25. The van der Waals surface area contributed by atoms with Crippen LogP contribution in [0.15, 0.2) is 0 Å². The van der Waals surface area contributed by atoms with E-state index in [1.54, 1.807) is 11.8 Å². The number of nitrogens with zero attached hydrogens (tertiary/aromatic N) is 1. The molecule has 0 saturated carbocycles. The van der Waals surface area contributed by atoms with Crippen LogP contribution >= 0.6 is 24.0 Å². The standard InChI is InChI=1S/C11H20N2O3S2/c1-11(2,3)16-10(15)12-6-8(17)13-4-5-18-9(13)7-14/h9,14H,4-7H2,1-3H3,(H,12,15). The van der Waals surface area contributed by atoms with Gasteiger partial charge in [-0.25, -0.2) is 4.79 Å². The summed E-state index contributed by atoms with van der Waals surface area (Å²) >= 11 is 6.92. The topological polar surface area (TPSA) is 61.8 Å². The van der Waals surface area contributed by atoms with Crippen molar-refractivity contribution in [3.63, 3.8) is 0 Å². The van der Waals surface area contributed by atoms with E-state index in [0.29, 0.717) is 4.99 Å². The molecule has 104 valence electrons. The third-order valence-corrected chi connectivity index (χ3v) is 3.83. The summed E-state index contributed by atoms with van der Waals surface area (Å²) < 4.78 is 5.12. The molecule has 0 spiro atoms. The largest absolute Gasteiger partial charge is 0.444 e. The monoisotopic (exact) mass is 292 g/mol. The Morgan fingerprint density at radius 1 is 1.61 bits per heavy atom. The average Bonchev–Trinajstić information content (AvgIpc) is 2.71. The van der Waals surface area contributed by atoms with Crippen LogP contribution in [-0.2, 0) is 4.74 Å². The van der Waals surface area contributed by atoms with Crippen LogP contribution in [0, 0.1) is 0 Å². The first-order valence-electron chi connectivity index (χ1n) is 5.82. The van der Waals surface area contributed by atoms with E-state index >= 15 is 0 Å². The van der Waals surface area contributed by atoms with E-state index < -0.39 is 11.7 Å². The number of aliphatic hydroxyl groups excluding tert-OH is 1. The Bertz CT molecular complexity index is 318. The molecule has 1 unspecified atom stereocenters. The molecule has 2 N–H and O–H groups in total. The minimum Gasteiger partial charge on any atom is -0.444 e. The highest BCUT2D eigenvalue weighted by Crippen LogP contribution is 2.23. The van der Waals surface area contributed by atoms with Gasteiger partial charge in [0, 0.05) is 12.3 Å². The van der Waals surface area contributed by atoms with Crippen molar-refractivity contribution in [2.45, 2.75) is 31.7 Å². The lowest BCUT2D eigenvalue weighted by molar-refractivity contribution is 0.0535. The first-order chi connectivity index (χ1) is 8.33. The van der Waals surface area contributed by atoms with E-state index in [9.17, 15) is 9.90 Å². The predicted octanol–water partition coefficient (Wildman–Crippen LogP) is 1.21. The molecule has 0 bridgehead atoms. The number of nitrogens with one attached hydrogen (secondary N) is 1. The number of hydrogen-bond acceptors (Lipinski definition) is 5. The fourth-order valence-electron chi connectivity index (χ4n) is 1.52. The molecular formula is C11H20N2O3S2. The first kappa shape index (κ1) is 15.5. The highest BCUT2D eigenvalue weighted by Gasteiger charge is 2.26. The highest BCUT2D eigenvalue weighted by atomic mass is 32.2. The van der Waals surface area contributed by atoms with Crippen molar-refractivity contribution in [2.24, 2.45) is 0 Å². The molecule has 1 amide bonds. The molecule has 1 rings (SSSR count). The van der Waals surface area contributed by atoms with Gasteiger partial charge in [0.25, 0.3) is 0 Å². The van der Waals surface area contributed by atoms with Crippen LogP contribution in [-0.4, -0.2) is 57.5 Å². The van der Waals surface area contributed by atoms with E-state index in [-0.39, 0.29) is 18.5 Å². The summed E-state index contributed by atoms with van der Waals surface area (Å²) in [6.45, 7) is 6.57. The van der Waals surface area contributed by atoms with Gasteiger partial charge in [-0.15, -0.1) is 11.8 Å². The Balaban J connectivity index is 2.35. The Hall–Kier alpha value is -0.530. The molecule has 5 nitrogen and oxygen atoms in total. The van der Waals surface area contributed by atoms with Gasteiger partial charge in [0.15, 0.2) is 0 Å². The number of thiocarbonyl (C=S) groups is 1. The van der Waals surface area contributed by atoms with E-state index in [4.69, 9.17) is 17.0 Å². The summed E-state index contributed by atoms with van der Waals surface area (Å²) in [7, 11) is 0. The lowest BCUT2D eigenvalue weighted by Crippen LogP contribution is -2.43. The van der Waals surface area contributed by atoms with Crippen molar-refractivity contribution < 1.29 is 14.6 Å². The number of aliphatic hydroxyl groups is 1. The fourth-order valence-corrected chi connectivity index (χ4v) is 2.97. The van der Waals surface area contributed by atoms with Gasteiger partial charge < -0.3 is 20.1 Å². The normalized spacial score (nSPS) is 19.8. The van der Waals surface area contributed by atoms with Crippen LogP contribution in [0.4, 0.5) is 4.79 Å². The number of carbonyl (C=O) groups is 1. The van der Waals surface area contributed by atoms with Gasteiger partial charge in [0.1, 0.15) is 5.60 Å². The number of amides is 1. The molecule has 1 aliphatic heterocycles. The molecule has 0 aromatic heterocycles. The Morgan fingerprint density at radius 3 is 2.83 bits per heavy atom. The Morgan fingerprint density at radius 2 is 2.28 bits per heavy atom. The summed E-state index contributed by atoms with van der Waals surface area (Å²) in [5.41, 5.74) is -0.511. The smallest absolute Gasteiger partial charge is 0.408 e. The van der Waals surface area contributed by atoms with Gasteiger partial charge >= 0.3 is 6.09 Å². The van der Waals surface area contributed by atoms with Crippen LogP contribution in [0.25, 0.3) is 0 Å². The molecule has 1 saturated heterocycles. The maximum absolute atomic E-state index is 11.5. The number of alkyl carbamates (subject to hydrolysis) is 1. The second kappa shape index (κ2) is 6.58. The van der Waals surface area contributed by atoms with Crippen molar-refractivity contribution in [1.29, 1.82) is 0 Å². The van der Waals surface area contributed by atoms with Crippen LogP contribution in [0.5, 0.6) is 0 Å². The minimum absolute atomic E-state index is 0.0120. The number of hydrogen-bond donors (Lipinski definition) is 2. The number of thioether (sulfide) groups is 1. The maximum Gasteiger partial charge on any atom is 0.408 e. The predicted molar refractivity (Wildman–Crippen MR) is 76.9 cm³/mol. The van der Waals surface area contributed by atoms with Gasteiger partial charge in [-0.1, -0.05) is 12.2 Å². The second-order valence-corrected chi connectivity index (χ2v) is 6.71. The molecule has 1 atom stereocenters. The summed E-state index contributed by atoms with van der Waals surface area (Å²) in [6.07, 6.45) is -0.475. The molecule has 1 aliphatic rings. The number of carbonyl (C=O) groups excluding carboxylic acids is 1. The molecule has 1 heterocycles. The van der Waals surface area contributed by atoms with Crippen molar-refractivity contribution in [3.8, 4) is 0 Å². The zero-order valence-corrected chi connectivity index (χ0v) is 12.6. The van der Waals surface area contributed by atoms with Crippen molar-refractivity contribution in [3.05, 3.63) is 0 Å². The van der Waals surface area contributed by atoms with Gasteiger partial charge in [-0.05, 0) is 20.8 Å². The summed E-state index contributed by atoms with van der Waals surface area (Å²) in [5.74, 6) is 0.942. The summed E-state index contributed by atoms with van der Waals surface area (Å²) in [5, 5.41) is 11.8. The quantitative estimate of drug-likeness (QED) is 0.762. The average molecular weight is 292 g/mol. The summed E-state index contributed by atoms with van der Waals surface area (Å²) in [6, 6.07) is 0. The Kier molecular flexibility index (Phi) is 5.68. The zero-order chi connectivity index (χ0) is 13.8. The third kappa shape index (κ3) is 4.99. The molecule has 18 heavy (non-hydrogen) atoms. The van der Waals surface area contributed by atoms with Crippen molar-refractivity contribution in [1.82, 2.24) is 10.2 Å². The molecular weight excluding hydrogens is 272 g/mol. The second-order valence-electron chi connectivity index (χ2n) is 4.95.